The van der Waals surface area contributed by atoms with Gasteiger partial charge in [0, 0.05) is 18.7 Å². The molecular formula is C13H14N4OS. The van der Waals surface area contributed by atoms with Crippen LogP contribution in [-0.4, -0.2) is 32.9 Å². The van der Waals surface area contributed by atoms with Crippen molar-refractivity contribution >= 4 is 21.4 Å². The molecule has 0 radical (unpaired) electrons. The van der Waals surface area contributed by atoms with Crippen molar-refractivity contribution in [2.75, 3.05) is 18.5 Å². The van der Waals surface area contributed by atoms with Crippen LogP contribution in [0, 0.1) is 0 Å². The molecule has 0 aliphatic heterocycles. The monoisotopic (exact) mass is 274 g/mol. The molecule has 0 aliphatic rings. The van der Waals surface area contributed by atoms with E-state index in [9.17, 15) is 0 Å². The number of anilines is 1. The Labute approximate surface area is 114 Å². The van der Waals surface area contributed by atoms with Crippen molar-refractivity contribution in [2.24, 2.45) is 0 Å². The Bertz CT molecular complexity index is 630. The van der Waals surface area contributed by atoms with Crippen LogP contribution in [0.1, 0.15) is 6.42 Å². The Morgan fingerprint density at radius 3 is 2.84 bits per heavy atom. The minimum Gasteiger partial charge on any atom is -0.396 e. The molecule has 0 saturated heterocycles. The van der Waals surface area contributed by atoms with Gasteiger partial charge < -0.3 is 10.4 Å². The first kappa shape index (κ1) is 12.1. The van der Waals surface area contributed by atoms with Crippen LogP contribution in [0.2, 0.25) is 0 Å². The van der Waals surface area contributed by atoms with E-state index in [1.807, 2.05) is 36.5 Å². The van der Waals surface area contributed by atoms with Crippen molar-refractivity contribution in [1.29, 1.82) is 0 Å². The van der Waals surface area contributed by atoms with Gasteiger partial charge in [-0.2, -0.15) is 0 Å². The smallest absolute Gasteiger partial charge is 0.214 e. The molecule has 3 aromatic rings. The van der Waals surface area contributed by atoms with Crippen LogP contribution in [0.25, 0.3) is 16.2 Å². The summed E-state index contributed by atoms with van der Waals surface area (Å²) in [5, 5.41) is 17.1. The summed E-state index contributed by atoms with van der Waals surface area (Å²) in [6, 6.07) is 10.1. The number of aliphatic hydroxyl groups excluding tert-OH is 1. The number of fused-ring (bicyclic) bond motifs is 1. The molecule has 2 heterocycles. The number of nitrogens with zero attached hydrogens (tertiary/aromatic N) is 3. The van der Waals surface area contributed by atoms with Gasteiger partial charge in [0.2, 0.25) is 10.1 Å². The molecule has 0 spiro atoms. The van der Waals surface area contributed by atoms with Gasteiger partial charge in [0.25, 0.3) is 0 Å². The van der Waals surface area contributed by atoms with Gasteiger partial charge in [0.15, 0.2) is 0 Å². The Morgan fingerprint density at radius 1 is 1.26 bits per heavy atom. The van der Waals surface area contributed by atoms with Gasteiger partial charge >= 0.3 is 0 Å². The van der Waals surface area contributed by atoms with E-state index in [-0.39, 0.29) is 6.61 Å². The second kappa shape index (κ2) is 5.38. The lowest BCUT2D eigenvalue weighted by Crippen LogP contribution is -2.03. The van der Waals surface area contributed by atoms with Crippen LogP contribution in [-0.2, 0) is 0 Å². The number of imidazole rings is 1. The second-order valence-electron chi connectivity index (χ2n) is 4.13. The maximum atomic E-state index is 8.73. The molecule has 2 aromatic heterocycles. The van der Waals surface area contributed by atoms with E-state index in [2.05, 4.69) is 15.4 Å². The Kier molecular flexibility index (Phi) is 3.43. The van der Waals surface area contributed by atoms with Crippen molar-refractivity contribution in [3.63, 3.8) is 0 Å². The number of benzene rings is 1. The SMILES string of the molecule is OCCCNc1nn2cc(-c3ccccc3)nc2s1. The molecule has 3 rings (SSSR count). The third kappa shape index (κ3) is 2.59. The summed E-state index contributed by atoms with van der Waals surface area (Å²) in [4.78, 5) is 5.43. The Hall–Kier alpha value is -1.92. The molecule has 0 bridgehead atoms. The highest BCUT2D eigenvalue weighted by molar-refractivity contribution is 7.20. The normalized spacial score (nSPS) is 11.0. The van der Waals surface area contributed by atoms with Gasteiger partial charge in [-0.3, -0.25) is 0 Å². The molecule has 0 amide bonds. The summed E-state index contributed by atoms with van der Waals surface area (Å²) < 4.78 is 1.79. The van der Waals surface area contributed by atoms with E-state index in [1.54, 1.807) is 4.52 Å². The first-order chi connectivity index (χ1) is 9.36. The highest BCUT2D eigenvalue weighted by Crippen LogP contribution is 2.24. The van der Waals surface area contributed by atoms with E-state index in [0.29, 0.717) is 0 Å². The van der Waals surface area contributed by atoms with Crippen LogP contribution in [0.4, 0.5) is 5.13 Å². The van der Waals surface area contributed by atoms with Crippen molar-refractivity contribution < 1.29 is 5.11 Å². The van der Waals surface area contributed by atoms with E-state index in [1.165, 1.54) is 11.3 Å². The van der Waals surface area contributed by atoms with Crippen LogP contribution >= 0.6 is 11.3 Å². The molecular weight excluding hydrogens is 260 g/mol. The van der Waals surface area contributed by atoms with Crippen molar-refractivity contribution in [1.82, 2.24) is 14.6 Å². The van der Waals surface area contributed by atoms with Crippen LogP contribution in [0.3, 0.4) is 0 Å². The predicted octanol–water partition coefficient (Wildman–Crippen LogP) is 2.25. The highest BCUT2D eigenvalue weighted by atomic mass is 32.1. The average molecular weight is 274 g/mol. The van der Waals surface area contributed by atoms with E-state index in [4.69, 9.17) is 5.11 Å². The molecule has 19 heavy (non-hydrogen) atoms. The fraction of sp³-hybridized carbons (Fsp3) is 0.231. The van der Waals surface area contributed by atoms with Crippen LogP contribution in [0.15, 0.2) is 36.5 Å². The third-order valence-electron chi connectivity index (χ3n) is 2.72. The van der Waals surface area contributed by atoms with Crippen LogP contribution < -0.4 is 5.32 Å². The summed E-state index contributed by atoms with van der Waals surface area (Å²) in [6.45, 7) is 0.909. The lowest BCUT2D eigenvalue weighted by atomic mass is 10.2. The van der Waals surface area contributed by atoms with Gasteiger partial charge in [-0.25, -0.2) is 9.50 Å². The predicted molar refractivity (Wildman–Crippen MR) is 76.5 cm³/mol. The number of rotatable bonds is 5. The van der Waals surface area contributed by atoms with E-state index < -0.39 is 0 Å². The van der Waals surface area contributed by atoms with Gasteiger partial charge in [-0.15, -0.1) is 5.10 Å². The molecule has 0 fully saturated rings. The molecule has 0 saturated carbocycles. The topological polar surface area (TPSA) is 62.5 Å². The third-order valence-corrected chi connectivity index (χ3v) is 3.60. The zero-order valence-corrected chi connectivity index (χ0v) is 11.1. The molecule has 6 heteroatoms. The quantitative estimate of drug-likeness (QED) is 0.701. The maximum absolute atomic E-state index is 8.73. The summed E-state index contributed by atoms with van der Waals surface area (Å²) >= 11 is 1.51. The molecule has 1 aromatic carbocycles. The standard InChI is InChI=1S/C13H14N4OS/c18-8-4-7-14-12-16-17-9-11(15-13(17)19-12)10-5-2-1-3-6-10/h1-3,5-6,9,18H,4,7-8H2,(H,14,16). The molecule has 5 nitrogen and oxygen atoms in total. The molecule has 2 N–H and O–H groups in total. The zero-order valence-electron chi connectivity index (χ0n) is 10.3. The summed E-state index contributed by atoms with van der Waals surface area (Å²) in [7, 11) is 0. The first-order valence-corrected chi connectivity index (χ1v) is 6.95. The molecule has 0 unspecified atom stereocenters. The van der Waals surface area contributed by atoms with Gasteiger partial charge in [0.05, 0.1) is 11.9 Å². The molecule has 0 atom stereocenters. The highest BCUT2D eigenvalue weighted by Gasteiger charge is 2.08. The maximum Gasteiger partial charge on any atom is 0.214 e. The largest absolute Gasteiger partial charge is 0.396 e. The summed E-state index contributed by atoms with van der Waals surface area (Å²) in [5.74, 6) is 0. The fourth-order valence-electron chi connectivity index (χ4n) is 1.79. The number of hydrogen-bond donors (Lipinski definition) is 2. The second-order valence-corrected chi connectivity index (χ2v) is 5.09. The average Bonchev–Trinajstić information content (AvgIpc) is 2.98. The van der Waals surface area contributed by atoms with Crippen molar-refractivity contribution in [3.05, 3.63) is 36.5 Å². The number of nitrogens with one attached hydrogen (secondary N) is 1. The molecule has 0 aliphatic carbocycles. The number of hydrogen-bond acceptors (Lipinski definition) is 5. The van der Waals surface area contributed by atoms with Gasteiger partial charge in [-0.05, 0) is 6.42 Å². The van der Waals surface area contributed by atoms with Crippen LogP contribution in [0.5, 0.6) is 0 Å². The lowest BCUT2D eigenvalue weighted by molar-refractivity contribution is 0.292. The zero-order chi connectivity index (χ0) is 13.1. The van der Waals surface area contributed by atoms with Gasteiger partial charge in [-0.1, -0.05) is 41.7 Å². The first-order valence-electron chi connectivity index (χ1n) is 6.13. The van der Waals surface area contributed by atoms with E-state index in [0.717, 1.165) is 34.3 Å². The number of aromatic nitrogens is 3. The molecule has 98 valence electrons. The summed E-state index contributed by atoms with van der Waals surface area (Å²) in [6.07, 6.45) is 2.65. The van der Waals surface area contributed by atoms with E-state index >= 15 is 0 Å². The van der Waals surface area contributed by atoms with Crippen molar-refractivity contribution in [3.8, 4) is 11.3 Å². The minimum absolute atomic E-state index is 0.188. The lowest BCUT2D eigenvalue weighted by Gasteiger charge is -1.98. The Morgan fingerprint density at radius 2 is 2.11 bits per heavy atom. The minimum atomic E-state index is 0.188. The van der Waals surface area contributed by atoms with Gasteiger partial charge in [0.1, 0.15) is 0 Å². The Balaban J connectivity index is 1.82. The fourth-order valence-corrected chi connectivity index (χ4v) is 2.60. The van der Waals surface area contributed by atoms with Crippen molar-refractivity contribution in [2.45, 2.75) is 6.42 Å². The summed E-state index contributed by atoms with van der Waals surface area (Å²) in [5.41, 5.74) is 2.02. The number of aliphatic hydroxyl groups is 1.